The summed E-state index contributed by atoms with van der Waals surface area (Å²) in [7, 11) is 0. The second-order valence-corrected chi connectivity index (χ2v) is 7.57. The van der Waals surface area contributed by atoms with E-state index in [2.05, 4.69) is 22.0 Å². The van der Waals surface area contributed by atoms with E-state index in [4.69, 9.17) is 4.74 Å². The normalized spacial score (nSPS) is 16.5. The van der Waals surface area contributed by atoms with Crippen molar-refractivity contribution in [3.63, 3.8) is 0 Å². The number of nitrogens with zero attached hydrogens (tertiary/aromatic N) is 2. The Bertz CT molecular complexity index is 906. The molecule has 1 saturated heterocycles. The van der Waals surface area contributed by atoms with Crippen LogP contribution in [0.15, 0.2) is 72.9 Å². The van der Waals surface area contributed by atoms with Gasteiger partial charge < -0.3 is 9.84 Å². The molecule has 0 amide bonds. The van der Waals surface area contributed by atoms with Crippen molar-refractivity contribution >= 4 is 0 Å². The molecule has 1 aliphatic rings. The topological polar surface area (TPSA) is 45.6 Å². The summed E-state index contributed by atoms with van der Waals surface area (Å²) in [5, 5.41) is 10.9. The largest absolute Gasteiger partial charge is 0.487 e. The Labute approximate surface area is 170 Å². The number of hydrogen-bond acceptors (Lipinski definition) is 4. The van der Waals surface area contributed by atoms with Crippen molar-refractivity contribution in [3.8, 4) is 5.75 Å². The van der Waals surface area contributed by atoms with E-state index in [1.807, 2.05) is 30.3 Å². The predicted molar refractivity (Wildman–Crippen MR) is 110 cm³/mol. The minimum absolute atomic E-state index is 0.276. The lowest BCUT2D eigenvalue weighted by Gasteiger charge is -2.38. The molecule has 5 heteroatoms. The molecule has 29 heavy (non-hydrogen) atoms. The molecule has 150 valence electrons. The average molecular weight is 392 g/mol. The van der Waals surface area contributed by atoms with Crippen molar-refractivity contribution in [3.05, 3.63) is 95.6 Å². The number of halogens is 1. The van der Waals surface area contributed by atoms with Crippen molar-refractivity contribution in [1.29, 1.82) is 0 Å². The monoisotopic (exact) mass is 392 g/mol. The van der Waals surface area contributed by atoms with Crippen LogP contribution in [0.25, 0.3) is 0 Å². The predicted octanol–water partition coefficient (Wildman–Crippen LogP) is 4.28. The van der Waals surface area contributed by atoms with Gasteiger partial charge in [-0.2, -0.15) is 0 Å². The van der Waals surface area contributed by atoms with Gasteiger partial charge in [-0.25, -0.2) is 4.39 Å². The summed E-state index contributed by atoms with van der Waals surface area (Å²) in [5.74, 6) is 0.547. The number of aromatic nitrogens is 1. The lowest BCUT2D eigenvalue weighted by Crippen LogP contribution is -2.42. The lowest BCUT2D eigenvalue weighted by molar-refractivity contribution is -0.0277. The van der Waals surface area contributed by atoms with E-state index in [9.17, 15) is 9.50 Å². The lowest BCUT2D eigenvalue weighted by atomic mass is 9.84. The van der Waals surface area contributed by atoms with E-state index in [1.54, 1.807) is 18.3 Å². The molecule has 1 N–H and O–H groups in total. The van der Waals surface area contributed by atoms with Crippen LogP contribution in [0.2, 0.25) is 0 Å². The second-order valence-electron chi connectivity index (χ2n) is 7.57. The summed E-state index contributed by atoms with van der Waals surface area (Å²) in [4.78, 5) is 6.59. The molecular formula is C24H25FN2O2. The van der Waals surface area contributed by atoms with Crippen LogP contribution in [0.5, 0.6) is 5.75 Å². The summed E-state index contributed by atoms with van der Waals surface area (Å²) >= 11 is 0. The highest BCUT2D eigenvalue weighted by Gasteiger charge is 2.33. The quantitative estimate of drug-likeness (QED) is 0.680. The molecule has 0 atom stereocenters. The smallest absolute Gasteiger partial charge is 0.130 e. The van der Waals surface area contributed by atoms with Crippen LogP contribution >= 0.6 is 0 Å². The first-order valence-corrected chi connectivity index (χ1v) is 9.93. The van der Waals surface area contributed by atoms with Gasteiger partial charge in [0.1, 0.15) is 18.2 Å². The maximum atomic E-state index is 13.1. The minimum Gasteiger partial charge on any atom is -0.487 e. The highest BCUT2D eigenvalue weighted by Crippen LogP contribution is 2.33. The van der Waals surface area contributed by atoms with Crippen LogP contribution in [0.1, 0.15) is 29.7 Å². The first kappa shape index (κ1) is 19.6. The fourth-order valence-electron chi connectivity index (χ4n) is 3.72. The van der Waals surface area contributed by atoms with E-state index in [0.717, 1.165) is 36.6 Å². The zero-order valence-corrected chi connectivity index (χ0v) is 16.3. The minimum atomic E-state index is -0.868. The number of likely N-dealkylation sites (tertiary alicyclic amines) is 1. The van der Waals surface area contributed by atoms with E-state index in [0.29, 0.717) is 19.4 Å². The fourth-order valence-corrected chi connectivity index (χ4v) is 3.72. The summed E-state index contributed by atoms with van der Waals surface area (Å²) in [6.45, 7) is 2.88. The van der Waals surface area contributed by atoms with E-state index in [1.165, 1.54) is 17.7 Å². The second kappa shape index (κ2) is 8.72. The molecule has 1 aliphatic heterocycles. The van der Waals surface area contributed by atoms with Crippen LogP contribution in [0.3, 0.4) is 0 Å². The highest BCUT2D eigenvalue weighted by molar-refractivity contribution is 5.28. The molecule has 1 fully saturated rings. The molecule has 0 unspecified atom stereocenters. The van der Waals surface area contributed by atoms with Crippen molar-refractivity contribution in [2.24, 2.45) is 0 Å². The van der Waals surface area contributed by atoms with Gasteiger partial charge in [0.05, 0.1) is 11.3 Å². The maximum Gasteiger partial charge on any atom is 0.130 e. The standard InChI is InChI=1S/C24H25FN2O2/c25-21-8-6-20(7-9-21)24(28)12-15-27(16-13-24)17-19-4-10-23(11-5-19)29-18-22-3-1-2-14-26-22/h1-11,14,28H,12-13,15-18H2. The SMILES string of the molecule is OC1(c2ccc(F)cc2)CCN(Cc2ccc(OCc3ccccn3)cc2)CC1. The number of ether oxygens (including phenoxy) is 1. The molecule has 0 aliphatic carbocycles. The summed E-state index contributed by atoms with van der Waals surface area (Å²) < 4.78 is 18.9. The molecule has 4 nitrogen and oxygen atoms in total. The Morgan fingerprint density at radius 3 is 2.34 bits per heavy atom. The van der Waals surface area contributed by atoms with Gasteiger partial charge in [0.25, 0.3) is 0 Å². The third-order valence-corrected chi connectivity index (χ3v) is 5.51. The van der Waals surface area contributed by atoms with Gasteiger partial charge in [-0.1, -0.05) is 30.3 Å². The number of pyridine rings is 1. The summed E-state index contributed by atoms with van der Waals surface area (Å²) in [6.07, 6.45) is 3.05. The third-order valence-electron chi connectivity index (χ3n) is 5.51. The van der Waals surface area contributed by atoms with Crippen LogP contribution in [0.4, 0.5) is 4.39 Å². The van der Waals surface area contributed by atoms with Crippen LogP contribution in [0, 0.1) is 5.82 Å². The molecule has 4 rings (SSSR count). The molecule has 0 bridgehead atoms. The van der Waals surface area contributed by atoms with Crippen molar-refractivity contribution in [2.75, 3.05) is 13.1 Å². The average Bonchev–Trinajstić information content (AvgIpc) is 2.76. The van der Waals surface area contributed by atoms with Gasteiger partial charge in [-0.15, -0.1) is 0 Å². The molecule has 2 heterocycles. The van der Waals surface area contributed by atoms with Gasteiger partial charge in [0, 0.05) is 25.8 Å². The van der Waals surface area contributed by atoms with E-state index < -0.39 is 5.60 Å². The Hall–Kier alpha value is -2.76. The molecule has 0 spiro atoms. The Balaban J connectivity index is 1.28. The number of aliphatic hydroxyl groups is 1. The number of rotatable bonds is 6. The Morgan fingerprint density at radius 2 is 1.69 bits per heavy atom. The van der Waals surface area contributed by atoms with Gasteiger partial charge in [-0.05, 0) is 60.4 Å². The van der Waals surface area contributed by atoms with Gasteiger partial charge in [0.15, 0.2) is 0 Å². The number of benzene rings is 2. The number of piperidine rings is 1. The molecule has 0 radical (unpaired) electrons. The van der Waals surface area contributed by atoms with Gasteiger partial charge in [-0.3, -0.25) is 9.88 Å². The van der Waals surface area contributed by atoms with Gasteiger partial charge >= 0.3 is 0 Å². The Morgan fingerprint density at radius 1 is 0.966 bits per heavy atom. The molecule has 2 aromatic carbocycles. The zero-order chi connectivity index (χ0) is 20.1. The van der Waals surface area contributed by atoms with Crippen LogP contribution < -0.4 is 4.74 Å². The van der Waals surface area contributed by atoms with Gasteiger partial charge in [0.2, 0.25) is 0 Å². The maximum absolute atomic E-state index is 13.1. The van der Waals surface area contributed by atoms with Crippen molar-refractivity contribution in [2.45, 2.75) is 31.6 Å². The zero-order valence-electron chi connectivity index (χ0n) is 16.3. The van der Waals surface area contributed by atoms with Crippen molar-refractivity contribution in [1.82, 2.24) is 9.88 Å². The molecule has 1 aromatic heterocycles. The molecule has 3 aromatic rings. The fraction of sp³-hybridized carbons (Fsp3) is 0.292. The van der Waals surface area contributed by atoms with E-state index >= 15 is 0 Å². The highest BCUT2D eigenvalue weighted by atomic mass is 19.1. The van der Waals surface area contributed by atoms with Crippen molar-refractivity contribution < 1.29 is 14.2 Å². The summed E-state index contributed by atoms with van der Waals surface area (Å²) in [6, 6.07) is 20.1. The van der Waals surface area contributed by atoms with Crippen LogP contribution in [-0.2, 0) is 18.8 Å². The first-order valence-electron chi connectivity index (χ1n) is 9.93. The molecule has 0 saturated carbocycles. The Kier molecular flexibility index (Phi) is 5.88. The third kappa shape index (κ3) is 5.00. The molecular weight excluding hydrogens is 367 g/mol. The number of hydrogen-bond donors (Lipinski definition) is 1. The van der Waals surface area contributed by atoms with Crippen LogP contribution in [-0.4, -0.2) is 28.1 Å². The summed E-state index contributed by atoms with van der Waals surface area (Å²) in [5.41, 5.74) is 2.04. The first-order chi connectivity index (χ1) is 14.1. The van der Waals surface area contributed by atoms with E-state index in [-0.39, 0.29) is 5.82 Å².